The van der Waals surface area contributed by atoms with E-state index in [1.54, 1.807) is 18.7 Å². The Morgan fingerprint density at radius 2 is 1.92 bits per heavy atom. The zero-order valence-electron chi connectivity index (χ0n) is 29.3. The SMILES string of the molecule is CC1CCCC1.CCCCC1=NC(C)(CNC=O)C(=O)N1Cc1ccc(-c2ccccc2SN(O)c2noc(C)c2C)c(COCC)c1. The highest BCUT2D eigenvalue weighted by Crippen LogP contribution is 2.38. The second-order valence-corrected chi connectivity index (χ2v) is 13.8. The molecule has 1 fully saturated rings. The van der Waals surface area contributed by atoms with Gasteiger partial charge in [-0.3, -0.25) is 24.7 Å². The molecule has 260 valence electrons. The molecule has 0 bridgehead atoms. The van der Waals surface area contributed by atoms with E-state index >= 15 is 0 Å². The topological polar surface area (TPSA) is 121 Å². The molecular formula is C37H51N5O5S. The first-order valence-electron chi connectivity index (χ1n) is 17.1. The Bertz CT molecular complexity index is 1550. The summed E-state index contributed by atoms with van der Waals surface area (Å²) in [6.07, 6.45) is 9.13. The van der Waals surface area contributed by atoms with Crippen molar-refractivity contribution in [1.82, 2.24) is 15.4 Å². The fraction of sp³-hybridized carbons (Fsp3) is 0.514. The smallest absolute Gasteiger partial charge is 0.257 e. The molecule has 1 saturated carbocycles. The van der Waals surface area contributed by atoms with E-state index in [-0.39, 0.29) is 12.5 Å². The molecule has 11 heteroatoms. The number of nitrogens with one attached hydrogen (secondary N) is 1. The van der Waals surface area contributed by atoms with Crippen LogP contribution in [0.5, 0.6) is 0 Å². The normalized spacial score (nSPS) is 17.7. The molecule has 0 spiro atoms. The Kier molecular flexibility index (Phi) is 13.7. The van der Waals surface area contributed by atoms with Crippen LogP contribution in [0, 0.1) is 19.8 Å². The van der Waals surface area contributed by atoms with Gasteiger partial charge in [-0.05, 0) is 68.4 Å². The maximum atomic E-state index is 13.5. The van der Waals surface area contributed by atoms with Crippen LogP contribution in [0.4, 0.5) is 5.82 Å². The molecule has 1 unspecified atom stereocenters. The lowest BCUT2D eigenvalue weighted by molar-refractivity contribution is -0.131. The Hall–Kier alpha value is -3.67. The largest absolute Gasteiger partial charge is 0.377 e. The van der Waals surface area contributed by atoms with Gasteiger partial charge in [0, 0.05) is 35.4 Å². The van der Waals surface area contributed by atoms with Crippen LogP contribution >= 0.6 is 11.9 Å². The van der Waals surface area contributed by atoms with E-state index in [0.717, 1.165) is 73.7 Å². The third-order valence-electron chi connectivity index (χ3n) is 8.97. The van der Waals surface area contributed by atoms with Crippen LogP contribution in [0.2, 0.25) is 0 Å². The number of aromatic nitrogens is 1. The van der Waals surface area contributed by atoms with Crippen molar-refractivity contribution >= 4 is 35.9 Å². The molecule has 0 radical (unpaired) electrons. The lowest BCUT2D eigenvalue weighted by atomic mass is 9.97. The van der Waals surface area contributed by atoms with Crippen molar-refractivity contribution in [2.45, 2.75) is 110 Å². The van der Waals surface area contributed by atoms with E-state index in [4.69, 9.17) is 14.3 Å². The van der Waals surface area contributed by atoms with Crippen LogP contribution in [0.3, 0.4) is 0 Å². The summed E-state index contributed by atoms with van der Waals surface area (Å²) in [6.45, 7) is 13.3. The summed E-state index contributed by atoms with van der Waals surface area (Å²) in [6, 6.07) is 13.9. The summed E-state index contributed by atoms with van der Waals surface area (Å²) in [4.78, 5) is 31.8. The van der Waals surface area contributed by atoms with E-state index in [9.17, 15) is 14.8 Å². The maximum Gasteiger partial charge on any atom is 0.257 e. The van der Waals surface area contributed by atoms with Crippen LogP contribution in [0.15, 0.2) is 56.9 Å². The van der Waals surface area contributed by atoms with E-state index in [2.05, 4.69) is 30.4 Å². The molecule has 1 aliphatic carbocycles. The highest BCUT2D eigenvalue weighted by molar-refractivity contribution is 8.00. The number of hydrogen-bond acceptors (Lipinski definition) is 9. The van der Waals surface area contributed by atoms with Crippen LogP contribution in [0.25, 0.3) is 11.1 Å². The first-order valence-corrected chi connectivity index (χ1v) is 17.9. The van der Waals surface area contributed by atoms with Crippen LogP contribution in [-0.4, -0.2) is 52.1 Å². The molecule has 5 rings (SSSR count). The van der Waals surface area contributed by atoms with Gasteiger partial charge in [0.15, 0.2) is 5.54 Å². The van der Waals surface area contributed by atoms with Crippen LogP contribution in [0.1, 0.15) is 95.1 Å². The number of aryl methyl sites for hydroxylation is 1. The Balaban J connectivity index is 0.000000780. The third kappa shape index (κ3) is 9.27. The molecule has 1 atom stereocenters. The number of anilines is 1. The predicted octanol–water partition coefficient (Wildman–Crippen LogP) is 8.03. The molecule has 2 aliphatic rings. The average molecular weight is 678 g/mol. The molecule has 2 heterocycles. The molecule has 2 aromatic carbocycles. The summed E-state index contributed by atoms with van der Waals surface area (Å²) >= 11 is 1.15. The summed E-state index contributed by atoms with van der Waals surface area (Å²) in [5, 5.41) is 17.5. The fourth-order valence-electron chi connectivity index (χ4n) is 5.99. The van der Waals surface area contributed by atoms with Crippen LogP contribution < -0.4 is 9.79 Å². The molecule has 2 amide bonds. The molecule has 1 aromatic heterocycles. The van der Waals surface area contributed by atoms with E-state index in [1.807, 2.05) is 50.2 Å². The molecule has 3 aromatic rings. The minimum absolute atomic E-state index is 0.124. The molecule has 2 N–H and O–H groups in total. The van der Waals surface area contributed by atoms with Gasteiger partial charge in [0.1, 0.15) is 11.6 Å². The molecule has 10 nitrogen and oxygen atoms in total. The summed E-state index contributed by atoms with van der Waals surface area (Å²) in [5.41, 5.74) is 3.54. The number of benzene rings is 2. The minimum Gasteiger partial charge on any atom is -0.377 e. The van der Waals surface area contributed by atoms with Gasteiger partial charge in [0.25, 0.3) is 5.91 Å². The number of carbonyl (C=O) groups is 2. The van der Waals surface area contributed by atoms with Gasteiger partial charge in [0.05, 0.1) is 19.7 Å². The lowest BCUT2D eigenvalue weighted by Gasteiger charge is -2.24. The molecular weight excluding hydrogens is 627 g/mol. The van der Waals surface area contributed by atoms with Crippen molar-refractivity contribution in [1.29, 1.82) is 0 Å². The Morgan fingerprint density at radius 1 is 1.17 bits per heavy atom. The summed E-state index contributed by atoms with van der Waals surface area (Å²) < 4.78 is 12.1. The van der Waals surface area contributed by atoms with Gasteiger partial charge in [0.2, 0.25) is 12.2 Å². The second kappa shape index (κ2) is 17.6. The minimum atomic E-state index is -1.02. The lowest BCUT2D eigenvalue weighted by Crippen LogP contribution is -2.46. The van der Waals surface area contributed by atoms with Gasteiger partial charge in [-0.2, -0.15) is 4.47 Å². The zero-order valence-corrected chi connectivity index (χ0v) is 30.1. The zero-order chi connectivity index (χ0) is 34.7. The highest BCUT2D eigenvalue weighted by Gasteiger charge is 2.44. The van der Waals surface area contributed by atoms with Gasteiger partial charge < -0.3 is 14.6 Å². The van der Waals surface area contributed by atoms with E-state index < -0.39 is 5.54 Å². The standard InChI is InChI=1S/C31H39N5O5S.C6H12/c1-6-8-13-28-33-31(5,19-32-20-37)30(38)35(28)17-23-14-15-25(24(16-23)18-40-7-2)26-11-9-10-12-27(26)42-36(39)29-21(3)22(4)41-34-29;1-6-4-2-3-5-6/h9-12,14-16,20,39H,6-8,13,17-19H2,1-5H3,(H,32,37);6H,2-5H2,1H3. The van der Waals surface area contributed by atoms with Crippen molar-refractivity contribution in [3.63, 3.8) is 0 Å². The average Bonchev–Trinajstić information content (AvgIpc) is 3.77. The number of rotatable bonds is 15. The first-order chi connectivity index (χ1) is 23.1. The number of ether oxygens (including phenoxy) is 1. The van der Waals surface area contributed by atoms with Crippen molar-refractivity contribution < 1.29 is 24.1 Å². The van der Waals surface area contributed by atoms with Crippen molar-refractivity contribution in [2.24, 2.45) is 10.9 Å². The fourth-order valence-corrected chi connectivity index (χ4v) is 6.85. The van der Waals surface area contributed by atoms with Crippen molar-refractivity contribution in [3.05, 3.63) is 64.9 Å². The molecule has 1 aliphatic heterocycles. The number of amides is 2. The van der Waals surface area contributed by atoms with E-state index in [0.29, 0.717) is 44.2 Å². The van der Waals surface area contributed by atoms with Gasteiger partial charge >= 0.3 is 0 Å². The number of unbranched alkanes of at least 4 members (excludes halogenated alkanes) is 1. The van der Waals surface area contributed by atoms with Crippen molar-refractivity contribution in [2.75, 3.05) is 17.6 Å². The monoisotopic (exact) mass is 677 g/mol. The Labute approximate surface area is 289 Å². The quantitative estimate of drug-likeness (QED) is 0.0943. The van der Waals surface area contributed by atoms with Crippen LogP contribution in [-0.2, 0) is 27.5 Å². The van der Waals surface area contributed by atoms with E-state index in [1.165, 1.54) is 25.7 Å². The third-order valence-corrected chi connectivity index (χ3v) is 9.87. The highest BCUT2D eigenvalue weighted by atomic mass is 32.2. The number of nitrogens with zero attached hydrogens (tertiary/aromatic N) is 4. The number of hydrogen-bond donors (Lipinski definition) is 2. The van der Waals surface area contributed by atoms with Crippen molar-refractivity contribution in [3.8, 4) is 11.1 Å². The van der Waals surface area contributed by atoms with Gasteiger partial charge in [-0.15, -0.1) is 0 Å². The van der Waals surface area contributed by atoms with Gasteiger partial charge in [-0.1, -0.05) is 87.5 Å². The predicted molar refractivity (Wildman–Crippen MR) is 191 cm³/mol. The summed E-state index contributed by atoms with van der Waals surface area (Å²) in [5.74, 6) is 2.66. The first kappa shape index (κ1) is 37.2. The Morgan fingerprint density at radius 3 is 2.54 bits per heavy atom. The number of aliphatic imine (C=N–C) groups is 1. The maximum absolute atomic E-state index is 13.5. The number of carbonyl (C=O) groups excluding carboxylic acids is 2. The molecule has 0 saturated heterocycles. The number of amidine groups is 1. The summed E-state index contributed by atoms with van der Waals surface area (Å²) in [7, 11) is 0. The van der Waals surface area contributed by atoms with Gasteiger partial charge in [-0.25, -0.2) is 0 Å². The molecule has 48 heavy (non-hydrogen) atoms. The second-order valence-electron chi connectivity index (χ2n) is 12.9.